The second kappa shape index (κ2) is 16.8. The number of ether oxygens (including phenoxy) is 2. The zero-order chi connectivity index (χ0) is 25.3. The molecule has 0 aliphatic heterocycles. The van der Waals surface area contributed by atoms with E-state index >= 15 is 0 Å². The van der Waals surface area contributed by atoms with Crippen LogP contribution in [-0.2, 0) is 22.5 Å². The molecule has 0 radical (unpaired) electrons. The van der Waals surface area contributed by atoms with Crippen molar-refractivity contribution < 1.29 is 24.2 Å². The molecular formula is C27H38N2O5S. The number of benzene rings is 2. The number of carboxylic acid groups (broad SMARTS) is 1. The highest BCUT2D eigenvalue weighted by atomic mass is 32.2. The standard InChI is InChI=1S/C27H38N2O5S/c1-3-5-18-35-19-16-29(27(32)28-21-23-9-7-6-8-10-23)15-17-34-24-13-11-22(12-14-24)20-25(26(30)31)33-4-2/h6-14,25H,3-5,15-21H2,1-2H3,(H,28,32)(H,30,31). The summed E-state index contributed by atoms with van der Waals surface area (Å²) < 4.78 is 11.2. The average Bonchev–Trinajstić information content (AvgIpc) is 2.87. The molecule has 192 valence electrons. The summed E-state index contributed by atoms with van der Waals surface area (Å²) in [5.41, 5.74) is 1.92. The van der Waals surface area contributed by atoms with E-state index in [4.69, 9.17) is 9.47 Å². The van der Waals surface area contributed by atoms with Crippen molar-refractivity contribution in [2.75, 3.05) is 37.8 Å². The normalized spacial score (nSPS) is 11.6. The van der Waals surface area contributed by atoms with Crippen LogP contribution in [0.15, 0.2) is 54.6 Å². The van der Waals surface area contributed by atoms with Crippen LogP contribution in [0.2, 0.25) is 0 Å². The van der Waals surface area contributed by atoms with Gasteiger partial charge in [-0.25, -0.2) is 9.59 Å². The zero-order valence-electron chi connectivity index (χ0n) is 20.8. The van der Waals surface area contributed by atoms with Crippen LogP contribution < -0.4 is 10.1 Å². The Balaban J connectivity index is 1.85. The van der Waals surface area contributed by atoms with Crippen LogP contribution in [0.5, 0.6) is 5.75 Å². The second-order valence-corrected chi connectivity index (χ2v) is 9.30. The summed E-state index contributed by atoms with van der Waals surface area (Å²) in [6.07, 6.45) is 1.80. The van der Waals surface area contributed by atoms with E-state index in [0.29, 0.717) is 45.0 Å². The van der Waals surface area contributed by atoms with Gasteiger partial charge in [-0.3, -0.25) is 0 Å². The van der Waals surface area contributed by atoms with Gasteiger partial charge in [-0.05, 0) is 42.4 Å². The largest absolute Gasteiger partial charge is 0.492 e. The van der Waals surface area contributed by atoms with Crippen molar-refractivity contribution >= 4 is 23.8 Å². The molecule has 0 aliphatic rings. The van der Waals surface area contributed by atoms with Crippen molar-refractivity contribution in [3.05, 3.63) is 65.7 Å². The highest BCUT2D eigenvalue weighted by molar-refractivity contribution is 7.99. The van der Waals surface area contributed by atoms with E-state index in [1.54, 1.807) is 11.8 Å². The van der Waals surface area contributed by atoms with E-state index < -0.39 is 12.1 Å². The third-order valence-electron chi connectivity index (χ3n) is 5.34. The Bertz CT molecular complexity index is 864. The molecule has 0 aliphatic carbocycles. The number of rotatable bonds is 17. The molecule has 1 atom stereocenters. The Morgan fingerprint density at radius 3 is 2.40 bits per heavy atom. The SMILES string of the molecule is CCCCSCCN(CCOc1ccc(CC(OCC)C(=O)O)cc1)C(=O)NCc1ccccc1. The lowest BCUT2D eigenvalue weighted by atomic mass is 10.1. The number of amides is 2. The quantitative estimate of drug-likeness (QED) is 0.301. The van der Waals surface area contributed by atoms with E-state index in [-0.39, 0.29) is 6.03 Å². The number of urea groups is 1. The molecule has 0 saturated carbocycles. The number of hydrogen-bond donors (Lipinski definition) is 2. The third kappa shape index (κ3) is 11.5. The Hall–Kier alpha value is -2.71. The number of carboxylic acids is 1. The highest BCUT2D eigenvalue weighted by Crippen LogP contribution is 2.15. The molecule has 8 heteroatoms. The van der Waals surface area contributed by atoms with Crippen LogP contribution >= 0.6 is 11.8 Å². The summed E-state index contributed by atoms with van der Waals surface area (Å²) in [7, 11) is 0. The van der Waals surface area contributed by atoms with E-state index in [2.05, 4.69) is 12.2 Å². The number of nitrogens with zero attached hydrogens (tertiary/aromatic N) is 1. The summed E-state index contributed by atoms with van der Waals surface area (Å²) in [5.74, 6) is 1.70. The topological polar surface area (TPSA) is 88.1 Å². The van der Waals surface area contributed by atoms with Crippen molar-refractivity contribution in [3.8, 4) is 5.75 Å². The fourth-order valence-corrected chi connectivity index (χ4v) is 4.40. The summed E-state index contributed by atoms with van der Waals surface area (Å²) >= 11 is 1.87. The zero-order valence-corrected chi connectivity index (χ0v) is 21.6. The number of carbonyl (C=O) groups excluding carboxylic acids is 1. The lowest BCUT2D eigenvalue weighted by Gasteiger charge is -2.23. The van der Waals surface area contributed by atoms with E-state index in [0.717, 1.165) is 22.6 Å². The predicted molar refractivity (Wildman–Crippen MR) is 141 cm³/mol. The first kappa shape index (κ1) is 28.5. The highest BCUT2D eigenvalue weighted by Gasteiger charge is 2.18. The number of nitrogens with one attached hydrogen (secondary N) is 1. The lowest BCUT2D eigenvalue weighted by molar-refractivity contribution is -0.149. The minimum absolute atomic E-state index is 0.0977. The van der Waals surface area contributed by atoms with Crippen LogP contribution in [0.1, 0.15) is 37.8 Å². The van der Waals surface area contributed by atoms with Crippen LogP contribution in [-0.4, -0.2) is 65.9 Å². The monoisotopic (exact) mass is 502 g/mol. The second-order valence-electron chi connectivity index (χ2n) is 8.08. The fourth-order valence-electron chi connectivity index (χ4n) is 3.35. The average molecular weight is 503 g/mol. The summed E-state index contributed by atoms with van der Waals surface area (Å²) in [6.45, 7) is 6.30. The number of hydrogen-bond acceptors (Lipinski definition) is 5. The summed E-state index contributed by atoms with van der Waals surface area (Å²) in [4.78, 5) is 25.9. The molecule has 0 heterocycles. The third-order valence-corrected chi connectivity index (χ3v) is 6.39. The van der Waals surface area contributed by atoms with Gasteiger partial charge in [0.25, 0.3) is 0 Å². The molecule has 0 spiro atoms. The van der Waals surface area contributed by atoms with Gasteiger partial charge in [0.05, 0.1) is 6.54 Å². The molecule has 0 bridgehead atoms. The summed E-state index contributed by atoms with van der Waals surface area (Å²) in [6, 6.07) is 17.1. The molecule has 2 aromatic carbocycles. The van der Waals surface area contributed by atoms with Gasteiger partial charge in [-0.1, -0.05) is 55.8 Å². The molecule has 35 heavy (non-hydrogen) atoms. The molecule has 7 nitrogen and oxygen atoms in total. The van der Waals surface area contributed by atoms with Gasteiger partial charge in [0.15, 0.2) is 6.10 Å². The van der Waals surface area contributed by atoms with Crippen molar-refractivity contribution in [3.63, 3.8) is 0 Å². The van der Waals surface area contributed by atoms with E-state index in [1.807, 2.05) is 66.4 Å². The molecule has 0 aromatic heterocycles. The van der Waals surface area contributed by atoms with Gasteiger partial charge in [-0.15, -0.1) is 0 Å². The molecule has 2 N–H and O–H groups in total. The predicted octanol–water partition coefficient (Wildman–Crippen LogP) is 4.84. The minimum Gasteiger partial charge on any atom is -0.492 e. The van der Waals surface area contributed by atoms with Crippen molar-refractivity contribution in [2.24, 2.45) is 0 Å². The number of carbonyl (C=O) groups is 2. The fraction of sp³-hybridized carbons (Fsp3) is 0.481. The molecule has 2 aromatic rings. The Kier molecular flexibility index (Phi) is 13.7. The molecule has 2 rings (SSSR count). The number of aliphatic carboxylic acids is 1. The first-order valence-corrected chi connectivity index (χ1v) is 13.4. The van der Waals surface area contributed by atoms with Gasteiger partial charge in [0.1, 0.15) is 12.4 Å². The van der Waals surface area contributed by atoms with Gasteiger partial charge in [0.2, 0.25) is 0 Å². The Labute approximate surface area is 213 Å². The van der Waals surface area contributed by atoms with Crippen LogP contribution in [0.25, 0.3) is 0 Å². The van der Waals surface area contributed by atoms with Crippen LogP contribution in [0, 0.1) is 0 Å². The van der Waals surface area contributed by atoms with Crippen molar-refractivity contribution in [2.45, 2.75) is 45.8 Å². The Morgan fingerprint density at radius 2 is 1.74 bits per heavy atom. The lowest BCUT2D eigenvalue weighted by Crippen LogP contribution is -2.43. The van der Waals surface area contributed by atoms with Crippen molar-refractivity contribution in [1.82, 2.24) is 10.2 Å². The maximum atomic E-state index is 12.8. The maximum Gasteiger partial charge on any atom is 0.333 e. The number of unbranched alkanes of at least 4 members (excludes halogenated alkanes) is 1. The molecule has 0 fully saturated rings. The molecule has 1 unspecified atom stereocenters. The molecule has 2 amide bonds. The van der Waals surface area contributed by atoms with Gasteiger partial charge in [0, 0.05) is 31.9 Å². The minimum atomic E-state index is -0.967. The van der Waals surface area contributed by atoms with Crippen LogP contribution in [0.4, 0.5) is 4.79 Å². The van der Waals surface area contributed by atoms with Gasteiger partial charge < -0.3 is 24.8 Å². The Morgan fingerprint density at radius 1 is 1.00 bits per heavy atom. The number of thioether (sulfide) groups is 1. The maximum absolute atomic E-state index is 12.8. The van der Waals surface area contributed by atoms with Crippen LogP contribution in [0.3, 0.4) is 0 Å². The van der Waals surface area contributed by atoms with Gasteiger partial charge in [-0.2, -0.15) is 11.8 Å². The smallest absolute Gasteiger partial charge is 0.333 e. The van der Waals surface area contributed by atoms with E-state index in [9.17, 15) is 14.7 Å². The first-order valence-electron chi connectivity index (χ1n) is 12.2. The first-order chi connectivity index (χ1) is 17.0. The van der Waals surface area contributed by atoms with Crippen molar-refractivity contribution in [1.29, 1.82) is 0 Å². The van der Waals surface area contributed by atoms with E-state index in [1.165, 1.54) is 12.8 Å². The van der Waals surface area contributed by atoms with Gasteiger partial charge >= 0.3 is 12.0 Å². The summed E-state index contributed by atoms with van der Waals surface area (Å²) in [5, 5.41) is 12.3. The molecular weight excluding hydrogens is 464 g/mol. The molecule has 0 saturated heterocycles.